The normalized spacial score (nSPS) is 10.7. The number of hydrogen-bond donors (Lipinski definition) is 1. The number of aromatic nitrogens is 1. The fourth-order valence-corrected chi connectivity index (χ4v) is 2.34. The Balaban J connectivity index is 2.88. The van der Waals surface area contributed by atoms with E-state index < -0.39 is 0 Å². The van der Waals surface area contributed by atoms with Crippen LogP contribution in [0.15, 0.2) is 22.8 Å². The van der Waals surface area contributed by atoms with Gasteiger partial charge in [-0.3, -0.25) is 0 Å². The number of H-pyrrole nitrogens is 1. The van der Waals surface area contributed by atoms with Gasteiger partial charge in [-0.1, -0.05) is 11.6 Å². The van der Waals surface area contributed by atoms with Crippen molar-refractivity contribution in [2.45, 2.75) is 0 Å². The largest absolute Gasteiger partial charge is 0.495 e. The van der Waals surface area contributed by atoms with Gasteiger partial charge in [-0.2, -0.15) is 0 Å². The van der Waals surface area contributed by atoms with Crippen LogP contribution < -0.4 is 4.74 Å². The van der Waals surface area contributed by atoms with Crippen molar-refractivity contribution in [1.82, 2.24) is 4.98 Å². The van der Waals surface area contributed by atoms with Crippen molar-refractivity contribution in [2.24, 2.45) is 0 Å². The summed E-state index contributed by atoms with van der Waals surface area (Å²) in [5.74, 6) is 0.806. The van der Waals surface area contributed by atoms with Crippen LogP contribution in [0.4, 0.5) is 0 Å². The number of nitrogens with one attached hydrogen (secondary N) is 1. The number of aromatic amines is 1. The van der Waals surface area contributed by atoms with E-state index in [2.05, 4.69) is 20.9 Å². The fourth-order valence-electron chi connectivity index (χ4n) is 1.34. The van der Waals surface area contributed by atoms with Gasteiger partial charge in [0.05, 0.1) is 22.1 Å². The summed E-state index contributed by atoms with van der Waals surface area (Å²) in [4.78, 5) is 3.06. The minimum absolute atomic E-state index is 0.688. The molecule has 1 N–H and O–H groups in total. The highest BCUT2D eigenvalue weighted by Crippen LogP contribution is 2.37. The minimum atomic E-state index is 0.688. The molecule has 0 spiro atoms. The van der Waals surface area contributed by atoms with Crippen LogP contribution in [0.3, 0.4) is 0 Å². The molecule has 0 atom stereocenters. The minimum Gasteiger partial charge on any atom is -0.495 e. The molecule has 0 amide bonds. The zero-order valence-electron chi connectivity index (χ0n) is 6.90. The quantitative estimate of drug-likeness (QED) is 0.833. The molecule has 2 rings (SSSR count). The smallest absolute Gasteiger partial charge is 0.142 e. The van der Waals surface area contributed by atoms with Gasteiger partial charge in [0.2, 0.25) is 0 Å². The molecule has 0 aliphatic rings. The first kappa shape index (κ1) is 8.91. The topological polar surface area (TPSA) is 25.0 Å². The monoisotopic (exact) mass is 259 g/mol. The lowest BCUT2D eigenvalue weighted by Crippen LogP contribution is -1.85. The maximum Gasteiger partial charge on any atom is 0.142 e. The summed E-state index contributed by atoms with van der Waals surface area (Å²) in [5, 5.41) is 1.68. The summed E-state index contributed by atoms with van der Waals surface area (Å²) < 4.78 is 6.11. The number of benzene rings is 1. The summed E-state index contributed by atoms with van der Waals surface area (Å²) in [7, 11) is 1.64. The molecule has 1 aromatic carbocycles. The Hall–Kier alpha value is -0.670. The summed E-state index contributed by atoms with van der Waals surface area (Å²) in [6.07, 6.45) is 1.84. The third-order valence-electron chi connectivity index (χ3n) is 1.90. The number of ether oxygens (including phenoxy) is 1. The Morgan fingerprint density at radius 2 is 2.31 bits per heavy atom. The van der Waals surface area contributed by atoms with Gasteiger partial charge >= 0.3 is 0 Å². The molecule has 0 saturated heterocycles. The Morgan fingerprint density at radius 3 is 3.00 bits per heavy atom. The van der Waals surface area contributed by atoms with Crippen LogP contribution in [-0.4, -0.2) is 12.1 Å². The number of fused-ring (bicyclic) bond motifs is 1. The molecule has 0 radical (unpaired) electrons. The first-order valence-corrected chi connectivity index (χ1v) is 4.90. The molecule has 4 heteroatoms. The molecule has 1 aromatic heterocycles. The third kappa shape index (κ3) is 1.32. The maximum atomic E-state index is 6.02. The molecule has 0 unspecified atom stereocenters. The summed E-state index contributed by atoms with van der Waals surface area (Å²) in [5.41, 5.74) is 0.904. The van der Waals surface area contributed by atoms with E-state index in [9.17, 15) is 0 Å². The average molecular weight is 261 g/mol. The lowest BCUT2D eigenvalue weighted by atomic mass is 10.2. The first-order valence-electron chi connectivity index (χ1n) is 3.73. The van der Waals surface area contributed by atoms with Crippen LogP contribution in [0.25, 0.3) is 10.9 Å². The molecule has 0 bridgehead atoms. The van der Waals surface area contributed by atoms with Crippen molar-refractivity contribution >= 4 is 38.4 Å². The number of rotatable bonds is 1. The maximum absolute atomic E-state index is 6.02. The molecule has 13 heavy (non-hydrogen) atoms. The van der Waals surface area contributed by atoms with E-state index >= 15 is 0 Å². The molecular formula is C9H7BrClNO. The standard InChI is InChI=1S/C9H7BrClNO/c1-13-9-5-2-3-12-8(5)7(11)4-6(9)10/h2-4,12H,1H3. The molecule has 0 aliphatic heterocycles. The molecule has 2 aromatic rings. The third-order valence-corrected chi connectivity index (χ3v) is 2.79. The van der Waals surface area contributed by atoms with Crippen molar-refractivity contribution in [2.75, 3.05) is 7.11 Å². The van der Waals surface area contributed by atoms with Crippen molar-refractivity contribution in [1.29, 1.82) is 0 Å². The Bertz CT molecular complexity index is 452. The van der Waals surface area contributed by atoms with E-state index in [0.717, 1.165) is 21.1 Å². The van der Waals surface area contributed by atoms with Gasteiger partial charge in [-0.25, -0.2) is 0 Å². The van der Waals surface area contributed by atoms with Gasteiger partial charge in [0.1, 0.15) is 5.75 Å². The van der Waals surface area contributed by atoms with Crippen molar-refractivity contribution < 1.29 is 4.74 Å². The highest BCUT2D eigenvalue weighted by atomic mass is 79.9. The van der Waals surface area contributed by atoms with Gasteiger partial charge < -0.3 is 9.72 Å². The van der Waals surface area contributed by atoms with Crippen LogP contribution in [0, 0.1) is 0 Å². The number of methoxy groups -OCH3 is 1. The Kier molecular flexibility index (Phi) is 2.22. The molecule has 0 fully saturated rings. The van der Waals surface area contributed by atoms with Crippen molar-refractivity contribution in [3.63, 3.8) is 0 Å². The van der Waals surface area contributed by atoms with Gasteiger partial charge in [0.25, 0.3) is 0 Å². The first-order chi connectivity index (χ1) is 6.24. The van der Waals surface area contributed by atoms with E-state index in [1.165, 1.54) is 0 Å². The van der Waals surface area contributed by atoms with Crippen molar-refractivity contribution in [3.05, 3.63) is 27.8 Å². The van der Waals surface area contributed by atoms with E-state index in [1.807, 2.05) is 18.3 Å². The molecule has 2 nitrogen and oxygen atoms in total. The van der Waals surface area contributed by atoms with Crippen LogP contribution in [0.2, 0.25) is 5.02 Å². The van der Waals surface area contributed by atoms with Gasteiger partial charge in [0, 0.05) is 11.6 Å². The van der Waals surface area contributed by atoms with E-state index in [4.69, 9.17) is 16.3 Å². The molecule has 1 heterocycles. The van der Waals surface area contributed by atoms with E-state index in [1.54, 1.807) is 7.11 Å². The number of hydrogen-bond acceptors (Lipinski definition) is 1. The Labute approximate surface area is 89.0 Å². The SMILES string of the molecule is COc1c(Br)cc(Cl)c2[nH]ccc12. The van der Waals surface area contributed by atoms with Gasteiger partial charge in [-0.05, 0) is 28.1 Å². The van der Waals surface area contributed by atoms with Crippen LogP contribution in [0.1, 0.15) is 0 Å². The average Bonchev–Trinajstić information content (AvgIpc) is 2.53. The lowest BCUT2D eigenvalue weighted by molar-refractivity contribution is 0.417. The Morgan fingerprint density at radius 1 is 1.54 bits per heavy atom. The molecule has 68 valence electrons. The second kappa shape index (κ2) is 3.24. The van der Waals surface area contributed by atoms with Crippen LogP contribution in [0.5, 0.6) is 5.75 Å². The van der Waals surface area contributed by atoms with Crippen LogP contribution in [-0.2, 0) is 0 Å². The lowest BCUT2D eigenvalue weighted by Gasteiger charge is -2.05. The molecule has 0 aliphatic carbocycles. The summed E-state index contributed by atoms with van der Waals surface area (Å²) >= 11 is 9.41. The summed E-state index contributed by atoms with van der Waals surface area (Å²) in [6, 6.07) is 3.75. The van der Waals surface area contributed by atoms with Crippen molar-refractivity contribution in [3.8, 4) is 5.75 Å². The zero-order valence-corrected chi connectivity index (χ0v) is 9.24. The van der Waals surface area contributed by atoms with Gasteiger partial charge in [0.15, 0.2) is 0 Å². The predicted molar refractivity (Wildman–Crippen MR) is 57.6 cm³/mol. The number of halogens is 2. The highest BCUT2D eigenvalue weighted by Gasteiger charge is 2.10. The molecule has 0 saturated carbocycles. The predicted octanol–water partition coefficient (Wildman–Crippen LogP) is 3.59. The second-order valence-corrected chi connectivity index (χ2v) is 3.90. The fraction of sp³-hybridized carbons (Fsp3) is 0.111. The van der Waals surface area contributed by atoms with Gasteiger partial charge in [-0.15, -0.1) is 0 Å². The van der Waals surface area contributed by atoms with Crippen LogP contribution >= 0.6 is 27.5 Å². The second-order valence-electron chi connectivity index (χ2n) is 2.64. The van der Waals surface area contributed by atoms with E-state index in [-0.39, 0.29) is 0 Å². The molecular weight excluding hydrogens is 253 g/mol. The summed E-state index contributed by atoms with van der Waals surface area (Å²) in [6.45, 7) is 0. The zero-order chi connectivity index (χ0) is 9.42. The highest BCUT2D eigenvalue weighted by molar-refractivity contribution is 9.10. The van der Waals surface area contributed by atoms with E-state index in [0.29, 0.717) is 5.02 Å².